The predicted octanol–water partition coefficient (Wildman–Crippen LogP) is 1.33. The summed E-state index contributed by atoms with van der Waals surface area (Å²) in [5.41, 5.74) is -0.817. The van der Waals surface area contributed by atoms with E-state index < -0.39 is 11.5 Å². The highest BCUT2D eigenvalue weighted by Gasteiger charge is 2.31. The zero-order chi connectivity index (χ0) is 12.4. The fourth-order valence-electron chi connectivity index (χ4n) is 1.22. The molecule has 0 radical (unpaired) electrons. The van der Waals surface area contributed by atoms with Gasteiger partial charge in [0, 0.05) is 6.61 Å². The first kappa shape index (κ1) is 15.7. The quantitative estimate of drug-likeness (QED) is 0.510. The zero-order valence-corrected chi connectivity index (χ0v) is 11.0. The molecule has 0 spiro atoms. The molecular weight excluding hydrogens is 226 g/mol. The van der Waals surface area contributed by atoms with Crippen LogP contribution < -0.4 is 5.32 Å². The molecule has 3 N–H and O–H groups in total. The summed E-state index contributed by atoms with van der Waals surface area (Å²) in [5, 5.41) is 20.8. The molecule has 0 aliphatic carbocycles. The summed E-state index contributed by atoms with van der Waals surface area (Å²) in [6.07, 6.45) is 2.32. The molecule has 0 aliphatic rings. The lowest BCUT2D eigenvalue weighted by atomic mass is 9.99. The van der Waals surface area contributed by atoms with Gasteiger partial charge in [-0.1, -0.05) is 6.92 Å². The van der Waals surface area contributed by atoms with E-state index in [0.717, 1.165) is 30.9 Å². The van der Waals surface area contributed by atoms with Crippen LogP contribution >= 0.6 is 11.8 Å². The van der Waals surface area contributed by atoms with E-state index in [1.54, 1.807) is 18.7 Å². The third-order valence-electron chi connectivity index (χ3n) is 2.43. The van der Waals surface area contributed by atoms with Gasteiger partial charge < -0.3 is 15.5 Å². The average molecular weight is 249 g/mol. The van der Waals surface area contributed by atoms with E-state index in [1.807, 2.05) is 6.92 Å². The van der Waals surface area contributed by atoms with E-state index in [2.05, 4.69) is 5.32 Å². The first-order chi connectivity index (χ1) is 7.56. The molecule has 1 atom stereocenters. The van der Waals surface area contributed by atoms with Crippen molar-refractivity contribution in [3.8, 4) is 0 Å². The summed E-state index contributed by atoms with van der Waals surface area (Å²) < 4.78 is 0. The molecule has 0 bridgehead atoms. The second-order valence-electron chi connectivity index (χ2n) is 4.00. The van der Waals surface area contributed by atoms with Crippen LogP contribution in [0.4, 0.5) is 0 Å². The number of nitrogens with one attached hydrogen (secondary N) is 1. The van der Waals surface area contributed by atoms with Crippen molar-refractivity contribution >= 4 is 17.7 Å². The van der Waals surface area contributed by atoms with Crippen LogP contribution in [0.5, 0.6) is 0 Å². The fraction of sp³-hybridized carbons (Fsp3) is 0.909. The van der Waals surface area contributed by atoms with E-state index in [1.165, 1.54) is 0 Å². The summed E-state index contributed by atoms with van der Waals surface area (Å²) in [7, 11) is 0. The second kappa shape index (κ2) is 8.84. The maximum Gasteiger partial charge on any atom is 0.323 e. The number of thioether (sulfide) groups is 1. The van der Waals surface area contributed by atoms with Crippen LogP contribution in [0.2, 0.25) is 0 Å². The Morgan fingerprint density at radius 3 is 2.62 bits per heavy atom. The Bertz CT molecular complexity index is 202. The Labute approximate surface area is 102 Å². The van der Waals surface area contributed by atoms with E-state index >= 15 is 0 Å². The number of rotatable bonds is 10. The van der Waals surface area contributed by atoms with Crippen LogP contribution in [0.25, 0.3) is 0 Å². The van der Waals surface area contributed by atoms with E-state index in [-0.39, 0.29) is 6.61 Å². The minimum Gasteiger partial charge on any atom is -0.480 e. The molecule has 0 saturated carbocycles. The van der Waals surface area contributed by atoms with Crippen molar-refractivity contribution in [2.45, 2.75) is 38.6 Å². The van der Waals surface area contributed by atoms with E-state index in [4.69, 9.17) is 10.2 Å². The molecule has 0 fully saturated rings. The van der Waals surface area contributed by atoms with Crippen molar-refractivity contribution in [3.63, 3.8) is 0 Å². The van der Waals surface area contributed by atoms with Gasteiger partial charge in [0.25, 0.3) is 0 Å². The molecular formula is C11H23NO3S. The monoisotopic (exact) mass is 249 g/mol. The molecule has 1 unspecified atom stereocenters. The Kier molecular flexibility index (Phi) is 8.70. The van der Waals surface area contributed by atoms with Crippen molar-refractivity contribution in [1.82, 2.24) is 5.32 Å². The maximum absolute atomic E-state index is 11.1. The smallest absolute Gasteiger partial charge is 0.323 e. The topological polar surface area (TPSA) is 69.6 Å². The molecule has 0 heterocycles. The first-order valence-corrected chi connectivity index (χ1v) is 6.89. The lowest BCUT2D eigenvalue weighted by Gasteiger charge is -2.26. The van der Waals surface area contributed by atoms with Gasteiger partial charge in [-0.15, -0.1) is 0 Å². The van der Waals surface area contributed by atoms with Gasteiger partial charge in [-0.05, 0) is 44.2 Å². The molecule has 0 aliphatic heterocycles. The number of carboxylic acid groups (broad SMARTS) is 1. The van der Waals surface area contributed by atoms with Crippen LogP contribution in [0.1, 0.15) is 33.1 Å². The molecule has 0 aromatic rings. The number of aliphatic carboxylic acids is 1. The Morgan fingerprint density at radius 2 is 2.12 bits per heavy atom. The minimum absolute atomic E-state index is 0.206. The number of hydrogen-bond acceptors (Lipinski definition) is 4. The number of aliphatic hydroxyl groups is 1. The van der Waals surface area contributed by atoms with Gasteiger partial charge in [-0.25, -0.2) is 0 Å². The maximum atomic E-state index is 11.1. The van der Waals surface area contributed by atoms with Gasteiger partial charge >= 0.3 is 5.97 Å². The van der Waals surface area contributed by atoms with Gasteiger partial charge in [0.1, 0.15) is 5.54 Å². The minimum atomic E-state index is -0.817. The van der Waals surface area contributed by atoms with Gasteiger partial charge in [0.05, 0.1) is 0 Å². The van der Waals surface area contributed by atoms with Crippen molar-refractivity contribution in [2.75, 3.05) is 24.7 Å². The summed E-state index contributed by atoms with van der Waals surface area (Å²) >= 11 is 1.69. The molecule has 0 saturated heterocycles. The van der Waals surface area contributed by atoms with Gasteiger partial charge in [-0.2, -0.15) is 11.8 Å². The first-order valence-electron chi connectivity index (χ1n) is 5.74. The van der Waals surface area contributed by atoms with Gasteiger partial charge in [0.2, 0.25) is 0 Å². The predicted molar refractivity (Wildman–Crippen MR) is 68.0 cm³/mol. The Hall–Kier alpha value is -0.260. The normalized spacial score (nSPS) is 14.7. The SMILES string of the molecule is CCCNC(C)(CCSCCCO)C(=O)O. The lowest BCUT2D eigenvalue weighted by Crippen LogP contribution is -2.50. The number of aliphatic hydroxyl groups excluding tert-OH is 1. The highest BCUT2D eigenvalue weighted by atomic mass is 32.2. The van der Waals surface area contributed by atoms with Crippen molar-refractivity contribution < 1.29 is 15.0 Å². The molecule has 0 aromatic carbocycles. The third-order valence-corrected chi connectivity index (χ3v) is 3.50. The lowest BCUT2D eigenvalue weighted by molar-refractivity contribution is -0.144. The highest BCUT2D eigenvalue weighted by Crippen LogP contribution is 2.15. The van der Waals surface area contributed by atoms with Crippen LogP contribution in [0.3, 0.4) is 0 Å². The molecule has 4 nitrogen and oxygen atoms in total. The van der Waals surface area contributed by atoms with E-state index in [0.29, 0.717) is 6.42 Å². The molecule has 16 heavy (non-hydrogen) atoms. The standard InChI is InChI=1S/C11H23NO3S/c1-3-6-12-11(2,10(14)15)5-9-16-8-4-7-13/h12-13H,3-9H2,1-2H3,(H,14,15). The Morgan fingerprint density at radius 1 is 1.44 bits per heavy atom. The molecule has 96 valence electrons. The number of carboxylic acids is 1. The number of carbonyl (C=O) groups is 1. The van der Waals surface area contributed by atoms with Crippen LogP contribution in [-0.2, 0) is 4.79 Å². The number of hydrogen-bond donors (Lipinski definition) is 3. The van der Waals surface area contributed by atoms with Gasteiger partial charge in [0.15, 0.2) is 0 Å². The largest absolute Gasteiger partial charge is 0.480 e. The van der Waals surface area contributed by atoms with E-state index in [9.17, 15) is 4.79 Å². The second-order valence-corrected chi connectivity index (χ2v) is 5.23. The fourth-order valence-corrected chi connectivity index (χ4v) is 2.31. The summed E-state index contributed by atoms with van der Waals surface area (Å²) in [4.78, 5) is 11.1. The van der Waals surface area contributed by atoms with Crippen molar-refractivity contribution in [3.05, 3.63) is 0 Å². The summed E-state index contributed by atoms with van der Waals surface area (Å²) in [6, 6.07) is 0. The van der Waals surface area contributed by atoms with Crippen LogP contribution in [0.15, 0.2) is 0 Å². The zero-order valence-electron chi connectivity index (χ0n) is 10.2. The highest BCUT2D eigenvalue weighted by molar-refractivity contribution is 7.99. The summed E-state index contributed by atoms with van der Waals surface area (Å²) in [5.74, 6) is 0.906. The third kappa shape index (κ3) is 6.35. The van der Waals surface area contributed by atoms with Gasteiger partial charge in [-0.3, -0.25) is 4.79 Å². The Balaban J connectivity index is 3.88. The average Bonchev–Trinajstić information content (AvgIpc) is 2.26. The molecule has 0 rings (SSSR count). The molecule has 0 aromatic heterocycles. The summed E-state index contributed by atoms with van der Waals surface area (Å²) in [6.45, 7) is 4.68. The van der Waals surface area contributed by atoms with Crippen LogP contribution in [0, 0.1) is 0 Å². The van der Waals surface area contributed by atoms with Crippen molar-refractivity contribution in [1.29, 1.82) is 0 Å². The van der Waals surface area contributed by atoms with Crippen molar-refractivity contribution in [2.24, 2.45) is 0 Å². The molecule has 5 heteroatoms. The molecule has 0 amide bonds. The van der Waals surface area contributed by atoms with Crippen LogP contribution in [-0.4, -0.2) is 46.4 Å².